The van der Waals surface area contributed by atoms with Gasteiger partial charge in [0, 0.05) is 41.2 Å². The van der Waals surface area contributed by atoms with Crippen molar-refractivity contribution in [3.05, 3.63) is 104 Å². The molecule has 0 aromatic heterocycles. The smallest absolute Gasteiger partial charge is 0.271 e. The predicted octanol–water partition coefficient (Wildman–Crippen LogP) is 5.67. The van der Waals surface area contributed by atoms with Crippen LogP contribution >= 0.6 is 23.2 Å². The minimum absolute atomic E-state index is 0.00505. The Labute approximate surface area is 267 Å². The fourth-order valence-electron chi connectivity index (χ4n) is 5.33. The van der Waals surface area contributed by atoms with Crippen molar-refractivity contribution in [2.75, 3.05) is 17.1 Å². The molecular weight excluding hydrogens is 627 g/mol. The Morgan fingerprint density at radius 2 is 1.73 bits per heavy atom. The van der Waals surface area contributed by atoms with E-state index in [-0.39, 0.29) is 41.3 Å². The highest BCUT2D eigenvalue weighted by Gasteiger charge is 2.35. The highest BCUT2D eigenvalue weighted by atomic mass is 35.5. The average Bonchev–Trinajstić information content (AvgIpc) is 3.48. The van der Waals surface area contributed by atoms with Crippen LogP contribution in [0.15, 0.2) is 66.7 Å². The molecule has 0 heterocycles. The van der Waals surface area contributed by atoms with E-state index in [1.54, 1.807) is 19.1 Å². The molecule has 3 aromatic carbocycles. The van der Waals surface area contributed by atoms with Crippen molar-refractivity contribution < 1.29 is 22.9 Å². The molecule has 0 spiro atoms. The third-order valence-electron chi connectivity index (χ3n) is 7.68. The molecule has 0 unspecified atom stereocenters. The maximum atomic E-state index is 14.3. The maximum absolute atomic E-state index is 14.3. The largest absolute Gasteiger partial charge is 0.352 e. The number of carbonyl (C=O) groups is 2. The van der Waals surface area contributed by atoms with E-state index >= 15 is 0 Å². The molecule has 1 atom stereocenters. The Bertz CT molecular complexity index is 1630. The number of aryl methyl sites for hydroxylation is 1. The highest BCUT2D eigenvalue weighted by Crippen LogP contribution is 2.29. The normalized spacial score (nSPS) is 14.2. The topological polar surface area (TPSA) is 130 Å². The summed E-state index contributed by atoms with van der Waals surface area (Å²) in [4.78, 5) is 40.4. The zero-order chi connectivity index (χ0) is 32.0. The monoisotopic (exact) mass is 660 g/mol. The second kappa shape index (κ2) is 14.4. The number of hydrogen-bond acceptors (Lipinski definition) is 6. The van der Waals surface area contributed by atoms with E-state index in [1.165, 1.54) is 23.1 Å². The molecule has 1 fully saturated rings. The molecule has 13 heteroatoms. The van der Waals surface area contributed by atoms with E-state index in [4.69, 9.17) is 23.2 Å². The predicted molar refractivity (Wildman–Crippen MR) is 171 cm³/mol. The van der Waals surface area contributed by atoms with Gasteiger partial charge in [0.25, 0.3) is 5.69 Å². The molecule has 1 aliphatic carbocycles. The van der Waals surface area contributed by atoms with Gasteiger partial charge in [0.2, 0.25) is 21.8 Å². The van der Waals surface area contributed by atoms with Crippen LogP contribution in [0.1, 0.15) is 42.4 Å². The number of nitrogens with one attached hydrogen (secondary N) is 1. The molecule has 0 aliphatic heterocycles. The molecule has 3 aromatic rings. The van der Waals surface area contributed by atoms with E-state index < -0.39 is 33.4 Å². The summed E-state index contributed by atoms with van der Waals surface area (Å²) in [6.07, 6.45) is 4.72. The Morgan fingerprint density at radius 1 is 1.05 bits per heavy atom. The summed E-state index contributed by atoms with van der Waals surface area (Å²) in [6, 6.07) is 16.8. The number of halogens is 2. The molecule has 1 N–H and O–H groups in total. The highest BCUT2D eigenvalue weighted by molar-refractivity contribution is 7.92. The van der Waals surface area contributed by atoms with Crippen LogP contribution in [0.3, 0.4) is 0 Å². The minimum Gasteiger partial charge on any atom is -0.352 e. The Balaban J connectivity index is 1.78. The number of nitrogens with zero attached hydrogens (tertiary/aromatic N) is 3. The number of benzene rings is 3. The summed E-state index contributed by atoms with van der Waals surface area (Å²) in [5.74, 6) is -1.05. The minimum atomic E-state index is -4.10. The van der Waals surface area contributed by atoms with Gasteiger partial charge < -0.3 is 10.2 Å². The van der Waals surface area contributed by atoms with E-state index in [1.807, 2.05) is 30.3 Å². The van der Waals surface area contributed by atoms with Gasteiger partial charge in [0.1, 0.15) is 12.6 Å². The summed E-state index contributed by atoms with van der Waals surface area (Å²) >= 11 is 12.6. The molecule has 0 bridgehead atoms. The SMILES string of the molecule is Cc1ccc([N+](=O)[O-])cc1N(CC(=O)N(Cc1ccc(Cl)cc1Cl)[C@H](Cc1ccccc1)C(=O)NC1CCCC1)S(C)(=O)=O. The number of rotatable bonds is 12. The molecule has 44 heavy (non-hydrogen) atoms. The van der Waals surface area contributed by atoms with Crippen LogP contribution in [-0.4, -0.2) is 54.9 Å². The van der Waals surface area contributed by atoms with Crippen molar-refractivity contribution in [3.8, 4) is 0 Å². The fourth-order valence-corrected chi connectivity index (χ4v) is 6.70. The number of hydrogen-bond donors (Lipinski definition) is 1. The first-order valence-electron chi connectivity index (χ1n) is 14.1. The van der Waals surface area contributed by atoms with Crippen LogP contribution in [0.2, 0.25) is 10.0 Å². The Morgan fingerprint density at radius 3 is 2.34 bits per heavy atom. The van der Waals surface area contributed by atoms with Gasteiger partial charge in [-0.25, -0.2) is 8.42 Å². The first-order valence-corrected chi connectivity index (χ1v) is 16.7. The molecule has 0 radical (unpaired) electrons. The van der Waals surface area contributed by atoms with Crippen LogP contribution in [0, 0.1) is 17.0 Å². The van der Waals surface area contributed by atoms with Crippen molar-refractivity contribution in [3.63, 3.8) is 0 Å². The van der Waals surface area contributed by atoms with Gasteiger partial charge in [-0.15, -0.1) is 0 Å². The van der Waals surface area contributed by atoms with Crippen LogP contribution in [0.4, 0.5) is 11.4 Å². The number of non-ortho nitro benzene ring substituents is 1. The van der Waals surface area contributed by atoms with Gasteiger partial charge >= 0.3 is 0 Å². The maximum Gasteiger partial charge on any atom is 0.271 e. The van der Waals surface area contributed by atoms with Crippen molar-refractivity contribution in [1.29, 1.82) is 0 Å². The van der Waals surface area contributed by atoms with Crippen LogP contribution in [-0.2, 0) is 32.6 Å². The number of nitro benzene ring substituents is 1. The summed E-state index contributed by atoms with van der Waals surface area (Å²) < 4.78 is 27.0. The number of nitro groups is 1. The van der Waals surface area contributed by atoms with Crippen LogP contribution in [0.5, 0.6) is 0 Å². The van der Waals surface area contributed by atoms with Gasteiger partial charge in [0.05, 0.1) is 16.9 Å². The van der Waals surface area contributed by atoms with Crippen molar-refractivity contribution in [2.24, 2.45) is 0 Å². The van der Waals surface area contributed by atoms with Crippen molar-refractivity contribution in [2.45, 2.75) is 57.7 Å². The van der Waals surface area contributed by atoms with E-state index in [2.05, 4.69) is 5.32 Å². The number of sulfonamides is 1. The fraction of sp³-hybridized carbons (Fsp3) is 0.355. The van der Waals surface area contributed by atoms with Gasteiger partial charge in [-0.05, 0) is 48.6 Å². The zero-order valence-corrected chi connectivity index (χ0v) is 26.7. The van der Waals surface area contributed by atoms with Gasteiger partial charge in [0.15, 0.2) is 0 Å². The van der Waals surface area contributed by atoms with Crippen LogP contribution in [0.25, 0.3) is 0 Å². The van der Waals surface area contributed by atoms with Crippen molar-refractivity contribution in [1.82, 2.24) is 10.2 Å². The third kappa shape index (κ3) is 8.49. The summed E-state index contributed by atoms with van der Waals surface area (Å²) in [5, 5.41) is 15.3. The molecule has 0 saturated heterocycles. The summed E-state index contributed by atoms with van der Waals surface area (Å²) in [6.45, 7) is 0.782. The average molecular weight is 662 g/mol. The lowest BCUT2D eigenvalue weighted by Crippen LogP contribution is -2.54. The Kier molecular flexibility index (Phi) is 10.9. The van der Waals surface area contributed by atoms with Gasteiger partial charge in [-0.1, -0.05) is 78.5 Å². The zero-order valence-electron chi connectivity index (χ0n) is 24.4. The summed E-state index contributed by atoms with van der Waals surface area (Å²) in [7, 11) is -4.10. The Hall–Kier alpha value is -3.67. The summed E-state index contributed by atoms with van der Waals surface area (Å²) in [5.41, 5.74) is 1.40. The molecule has 4 rings (SSSR count). The second-order valence-electron chi connectivity index (χ2n) is 11.0. The third-order valence-corrected chi connectivity index (χ3v) is 9.39. The lowest BCUT2D eigenvalue weighted by Gasteiger charge is -2.34. The molecule has 1 aliphatic rings. The van der Waals surface area contributed by atoms with E-state index in [0.29, 0.717) is 16.1 Å². The standard InChI is InChI=1S/C31H34Cl2N4O6S/c1-21-12-15-26(37(40)41)18-28(21)36(44(2,42)43)20-30(38)35(19-23-13-14-24(32)17-27(23)33)29(16-22-8-4-3-5-9-22)31(39)34-25-10-6-7-11-25/h3-5,8-9,12-15,17-18,25,29H,6-7,10-11,16,19-20H2,1-2H3,(H,34,39)/t29-/m1/s1. The second-order valence-corrected chi connectivity index (χ2v) is 13.7. The number of anilines is 1. The quantitative estimate of drug-likeness (QED) is 0.197. The van der Waals surface area contributed by atoms with Crippen LogP contribution < -0.4 is 9.62 Å². The van der Waals surface area contributed by atoms with E-state index in [9.17, 15) is 28.1 Å². The molecule has 10 nitrogen and oxygen atoms in total. The first kappa shape index (κ1) is 33.2. The number of amides is 2. The molecule has 1 saturated carbocycles. The van der Waals surface area contributed by atoms with Gasteiger partial charge in [-0.2, -0.15) is 0 Å². The first-order chi connectivity index (χ1) is 20.8. The lowest BCUT2D eigenvalue weighted by molar-refractivity contribution is -0.384. The molecule has 2 amide bonds. The van der Waals surface area contributed by atoms with E-state index in [0.717, 1.165) is 47.9 Å². The number of carbonyl (C=O) groups excluding carboxylic acids is 2. The van der Waals surface area contributed by atoms with Crippen molar-refractivity contribution >= 4 is 56.4 Å². The molecule has 234 valence electrons. The molecular formula is C31H34Cl2N4O6S. The van der Waals surface area contributed by atoms with Gasteiger partial charge in [-0.3, -0.25) is 24.0 Å². The lowest BCUT2D eigenvalue weighted by atomic mass is 10.0.